The van der Waals surface area contributed by atoms with Crippen molar-refractivity contribution in [2.75, 3.05) is 31.1 Å². The molecule has 0 saturated carbocycles. The lowest BCUT2D eigenvalue weighted by molar-refractivity contribution is 0.0717. The lowest BCUT2D eigenvalue weighted by atomic mass is 9.83. The van der Waals surface area contributed by atoms with Crippen molar-refractivity contribution in [3.05, 3.63) is 34.2 Å². The highest BCUT2D eigenvalue weighted by Crippen LogP contribution is 2.34. The fourth-order valence-electron chi connectivity index (χ4n) is 3.96. The molecule has 2 aliphatic rings. The number of unbranched alkanes of at least 4 members (excludes halogenated alkanes) is 1. The Morgan fingerprint density at radius 3 is 3.04 bits per heavy atom. The molecule has 3 rings (SSSR count). The van der Waals surface area contributed by atoms with E-state index in [9.17, 15) is 9.90 Å². The Hall–Kier alpha value is -0.780. The Morgan fingerprint density at radius 1 is 1.35 bits per heavy atom. The van der Waals surface area contributed by atoms with Crippen LogP contribution >= 0.6 is 11.8 Å². The minimum atomic E-state index is -0.242. The Bertz CT molecular complexity index is 574. The molecule has 0 aromatic carbocycles. The smallest absolute Gasteiger partial charge is 0.250 e. The number of β-amino-alcohol motifs (C(OH)–C–C–N with tert-alkyl or cyclic N) is 1. The quantitative estimate of drug-likeness (QED) is 0.775. The highest BCUT2D eigenvalue weighted by molar-refractivity contribution is 7.99. The maximum absolute atomic E-state index is 12.0. The molecule has 0 unspecified atom stereocenters. The highest BCUT2D eigenvalue weighted by Gasteiger charge is 2.34. The molecule has 1 aromatic heterocycles. The average molecular weight is 337 g/mol. The molecule has 128 valence electrons. The van der Waals surface area contributed by atoms with Crippen molar-refractivity contribution in [1.29, 1.82) is 0 Å². The van der Waals surface area contributed by atoms with Gasteiger partial charge in [0.05, 0.1) is 6.10 Å². The summed E-state index contributed by atoms with van der Waals surface area (Å²) in [6.45, 7) is 5.78. The fourth-order valence-corrected chi connectivity index (χ4v) is 5.00. The van der Waals surface area contributed by atoms with E-state index < -0.39 is 0 Å². The molecule has 1 N–H and O–H groups in total. The standard InChI is InChI=1S/C18H28N2O2S/c1-2-3-7-23-13-16(21)12-19-9-14-8-15(11-19)17-5-4-6-18(22)20(17)10-14/h4-6,14-16,21H,2-3,7-13H2,1H3/t14-,15+,16-/m1/s1. The number of thioether (sulfide) groups is 1. The number of piperidine rings is 1. The molecule has 2 bridgehead atoms. The van der Waals surface area contributed by atoms with Crippen molar-refractivity contribution in [1.82, 2.24) is 9.47 Å². The second-order valence-electron chi connectivity index (χ2n) is 7.00. The van der Waals surface area contributed by atoms with Crippen LogP contribution in [0.1, 0.15) is 37.8 Å². The predicted octanol–water partition coefficient (Wildman–Crippen LogP) is 2.16. The molecule has 0 radical (unpaired) electrons. The van der Waals surface area contributed by atoms with Crippen molar-refractivity contribution < 1.29 is 5.11 Å². The second-order valence-corrected chi connectivity index (χ2v) is 8.15. The molecule has 4 nitrogen and oxygen atoms in total. The van der Waals surface area contributed by atoms with E-state index in [2.05, 4.69) is 17.9 Å². The van der Waals surface area contributed by atoms with Gasteiger partial charge in [-0.05, 0) is 30.6 Å². The first-order valence-electron chi connectivity index (χ1n) is 8.85. The third-order valence-corrected chi connectivity index (χ3v) is 6.17. The Morgan fingerprint density at radius 2 is 2.22 bits per heavy atom. The van der Waals surface area contributed by atoms with Gasteiger partial charge in [0.25, 0.3) is 5.56 Å². The number of fused-ring (bicyclic) bond motifs is 4. The van der Waals surface area contributed by atoms with Gasteiger partial charge in [-0.3, -0.25) is 9.69 Å². The summed E-state index contributed by atoms with van der Waals surface area (Å²) in [5.74, 6) is 2.97. The summed E-state index contributed by atoms with van der Waals surface area (Å²) in [7, 11) is 0. The van der Waals surface area contributed by atoms with E-state index in [0.717, 1.165) is 37.7 Å². The maximum atomic E-state index is 12.0. The van der Waals surface area contributed by atoms with E-state index in [1.165, 1.54) is 25.0 Å². The number of aliphatic hydroxyl groups excluding tert-OH is 1. The number of nitrogens with zero attached hydrogens (tertiary/aromatic N) is 2. The van der Waals surface area contributed by atoms with Gasteiger partial charge >= 0.3 is 0 Å². The van der Waals surface area contributed by atoms with Gasteiger partial charge in [0, 0.05) is 49.6 Å². The number of hydrogen-bond acceptors (Lipinski definition) is 4. The highest BCUT2D eigenvalue weighted by atomic mass is 32.2. The molecule has 0 amide bonds. The van der Waals surface area contributed by atoms with E-state index in [4.69, 9.17) is 0 Å². The first-order valence-corrected chi connectivity index (χ1v) is 10.0. The molecular formula is C18H28N2O2S. The van der Waals surface area contributed by atoms with E-state index >= 15 is 0 Å². The lowest BCUT2D eigenvalue weighted by Crippen LogP contribution is -2.49. The van der Waals surface area contributed by atoms with Crippen molar-refractivity contribution in [2.24, 2.45) is 5.92 Å². The van der Waals surface area contributed by atoms with Crippen molar-refractivity contribution in [3.8, 4) is 0 Å². The van der Waals surface area contributed by atoms with Crippen LogP contribution in [0.25, 0.3) is 0 Å². The van der Waals surface area contributed by atoms with Crippen LogP contribution in [0.4, 0.5) is 0 Å². The van der Waals surface area contributed by atoms with E-state index in [1.807, 2.05) is 22.4 Å². The first-order chi connectivity index (χ1) is 11.2. The van der Waals surface area contributed by atoms with Crippen LogP contribution in [0.15, 0.2) is 23.0 Å². The largest absolute Gasteiger partial charge is 0.391 e. The summed E-state index contributed by atoms with van der Waals surface area (Å²) in [6.07, 6.45) is 3.39. The molecule has 3 heterocycles. The maximum Gasteiger partial charge on any atom is 0.250 e. The van der Waals surface area contributed by atoms with Gasteiger partial charge < -0.3 is 9.67 Å². The Labute approximate surface area is 142 Å². The zero-order chi connectivity index (χ0) is 16.2. The van der Waals surface area contributed by atoms with Crippen LogP contribution in [0.3, 0.4) is 0 Å². The van der Waals surface area contributed by atoms with Crippen LogP contribution in [0.5, 0.6) is 0 Å². The monoisotopic (exact) mass is 336 g/mol. The number of aliphatic hydroxyl groups is 1. The first kappa shape index (κ1) is 17.1. The Balaban J connectivity index is 1.56. The number of pyridine rings is 1. The summed E-state index contributed by atoms with van der Waals surface area (Å²) in [5.41, 5.74) is 1.32. The van der Waals surface area contributed by atoms with E-state index in [0.29, 0.717) is 11.8 Å². The van der Waals surface area contributed by atoms with Gasteiger partial charge in [-0.2, -0.15) is 11.8 Å². The number of likely N-dealkylation sites (tertiary alicyclic amines) is 1. The minimum Gasteiger partial charge on any atom is -0.391 e. The van der Waals surface area contributed by atoms with Crippen molar-refractivity contribution in [3.63, 3.8) is 0 Å². The zero-order valence-electron chi connectivity index (χ0n) is 14.0. The van der Waals surface area contributed by atoms with Crippen LogP contribution in [0, 0.1) is 5.92 Å². The summed E-state index contributed by atoms with van der Waals surface area (Å²) in [5, 5.41) is 10.3. The number of hydrogen-bond donors (Lipinski definition) is 1. The molecule has 3 atom stereocenters. The zero-order valence-corrected chi connectivity index (χ0v) is 14.8. The minimum absolute atomic E-state index is 0.137. The summed E-state index contributed by atoms with van der Waals surface area (Å²) in [4.78, 5) is 14.4. The third kappa shape index (κ3) is 4.20. The van der Waals surface area contributed by atoms with Crippen LogP contribution in [-0.2, 0) is 6.54 Å². The summed E-state index contributed by atoms with van der Waals surface area (Å²) < 4.78 is 1.97. The molecule has 5 heteroatoms. The average Bonchev–Trinajstić information content (AvgIpc) is 2.53. The Kier molecular flexibility index (Phi) is 5.83. The van der Waals surface area contributed by atoms with Gasteiger partial charge in [-0.25, -0.2) is 0 Å². The molecular weight excluding hydrogens is 308 g/mol. The van der Waals surface area contributed by atoms with Gasteiger partial charge in [0.2, 0.25) is 0 Å². The molecule has 1 fully saturated rings. The van der Waals surface area contributed by atoms with Crippen molar-refractivity contribution >= 4 is 11.8 Å². The summed E-state index contributed by atoms with van der Waals surface area (Å²) >= 11 is 1.86. The van der Waals surface area contributed by atoms with Crippen LogP contribution in [-0.4, -0.2) is 51.8 Å². The van der Waals surface area contributed by atoms with Gasteiger partial charge in [0.1, 0.15) is 0 Å². The number of aromatic nitrogens is 1. The molecule has 1 saturated heterocycles. The van der Waals surface area contributed by atoms with Gasteiger partial charge in [0.15, 0.2) is 0 Å². The molecule has 2 aliphatic heterocycles. The lowest BCUT2D eigenvalue weighted by Gasteiger charge is -2.43. The number of rotatable bonds is 7. The normalized spacial score (nSPS) is 25.1. The SMILES string of the molecule is CCCCSC[C@H](O)CN1C[C@H]2C[C@@H](C1)c1cccc(=O)n1C2. The van der Waals surface area contributed by atoms with Crippen LogP contribution < -0.4 is 5.56 Å². The summed E-state index contributed by atoms with van der Waals surface area (Å²) in [6, 6.07) is 5.65. The molecule has 23 heavy (non-hydrogen) atoms. The predicted molar refractivity (Wildman–Crippen MR) is 96.2 cm³/mol. The molecule has 0 spiro atoms. The topological polar surface area (TPSA) is 45.5 Å². The van der Waals surface area contributed by atoms with Gasteiger partial charge in [-0.1, -0.05) is 19.4 Å². The van der Waals surface area contributed by atoms with E-state index in [-0.39, 0.29) is 11.7 Å². The fraction of sp³-hybridized carbons (Fsp3) is 0.722. The van der Waals surface area contributed by atoms with Crippen molar-refractivity contribution in [2.45, 2.75) is 44.8 Å². The molecule has 0 aliphatic carbocycles. The van der Waals surface area contributed by atoms with E-state index in [1.54, 1.807) is 6.07 Å². The third-order valence-electron chi connectivity index (χ3n) is 4.98. The second kappa shape index (κ2) is 7.86. The molecule has 1 aromatic rings. The van der Waals surface area contributed by atoms with Gasteiger partial charge in [-0.15, -0.1) is 0 Å². The van der Waals surface area contributed by atoms with Crippen LogP contribution in [0.2, 0.25) is 0 Å².